The van der Waals surface area contributed by atoms with Crippen molar-refractivity contribution in [2.45, 2.75) is 38.3 Å². The van der Waals surface area contributed by atoms with E-state index >= 15 is 0 Å². The molecule has 0 radical (unpaired) electrons. The molecular weight excluding hydrogens is 172 g/mol. The highest BCUT2D eigenvalue weighted by atomic mass is 15.2. The van der Waals surface area contributed by atoms with E-state index in [4.69, 9.17) is 6.42 Å². The van der Waals surface area contributed by atoms with Crippen LogP contribution in [-0.2, 0) is 0 Å². The number of hydrogen-bond donors (Lipinski definition) is 1. The fourth-order valence-electron chi connectivity index (χ4n) is 2.47. The zero-order valence-electron chi connectivity index (χ0n) is 9.21. The van der Waals surface area contributed by atoms with Gasteiger partial charge in [0.2, 0.25) is 0 Å². The van der Waals surface area contributed by atoms with Gasteiger partial charge in [-0.3, -0.25) is 4.90 Å². The first-order valence-electron chi connectivity index (χ1n) is 5.58. The van der Waals surface area contributed by atoms with Crippen molar-refractivity contribution in [1.82, 2.24) is 10.2 Å². The van der Waals surface area contributed by atoms with Crippen LogP contribution in [0.4, 0.5) is 0 Å². The molecule has 0 aromatic carbocycles. The molecule has 78 valence electrons. The van der Waals surface area contributed by atoms with Crippen molar-refractivity contribution in [2.24, 2.45) is 5.92 Å². The van der Waals surface area contributed by atoms with Crippen molar-refractivity contribution >= 4 is 0 Å². The second kappa shape index (κ2) is 3.56. The lowest BCUT2D eigenvalue weighted by Gasteiger charge is -2.45. The second-order valence-corrected chi connectivity index (χ2v) is 5.03. The van der Waals surface area contributed by atoms with Crippen molar-refractivity contribution in [2.75, 3.05) is 19.6 Å². The summed E-state index contributed by atoms with van der Waals surface area (Å²) in [4.78, 5) is 2.43. The van der Waals surface area contributed by atoms with E-state index in [1.807, 2.05) is 0 Å². The monoisotopic (exact) mass is 192 g/mol. The molecule has 1 heterocycles. The fraction of sp³-hybridized carbons (Fsp3) is 0.833. The Morgan fingerprint density at radius 2 is 2.29 bits per heavy atom. The molecule has 1 saturated carbocycles. The number of nitrogens with zero attached hydrogens (tertiary/aromatic N) is 1. The van der Waals surface area contributed by atoms with Crippen molar-refractivity contribution in [1.29, 1.82) is 0 Å². The molecule has 1 N–H and O–H groups in total. The van der Waals surface area contributed by atoms with Gasteiger partial charge in [-0.05, 0) is 32.6 Å². The minimum Gasteiger partial charge on any atom is -0.308 e. The minimum atomic E-state index is 0.323. The molecule has 0 bridgehead atoms. The first-order valence-corrected chi connectivity index (χ1v) is 5.58. The third-order valence-electron chi connectivity index (χ3n) is 3.73. The highest BCUT2D eigenvalue weighted by Crippen LogP contribution is 2.41. The molecule has 2 unspecified atom stereocenters. The van der Waals surface area contributed by atoms with E-state index in [9.17, 15) is 0 Å². The fourth-order valence-corrected chi connectivity index (χ4v) is 2.47. The van der Waals surface area contributed by atoms with Gasteiger partial charge in [0.1, 0.15) is 0 Å². The third kappa shape index (κ3) is 1.80. The first-order chi connectivity index (χ1) is 6.65. The molecule has 2 heteroatoms. The molecule has 2 rings (SSSR count). The molecule has 0 spiro atoms. The number of piperazine rings is 1. The number of nitrogens with one attached hydrogen (secondary N) is 1. The van der Waals surface area contributed by atoms with Gasteiger partial charge in [-0.1, -0.05) is 5.92 Å². The molecule has 1 aliphatic heterocycles. The van der Waals surface area contributed by atoms with Crippen LogP contribution in [0, 0.1) is 18.3 Å². The molecule has 2 atom stereocenters. The Labute approximate surface area is 87.1 Å². The summed E-state index contributed by atoms with van der Waals surface area (Å²) >= 11 is 0. The van der Waals surface area contributed by atoms with Crippen LogP contribution >= 0.6 is 0 Å². The third-order valence-corrected chi connectivity index (χ3v) is 3.73. The Morgan fingerprint density at radius 3 is 2.86 bits per heavy atom. The van der Waals surface area contributed by atoms with Crippen LogP contribution in [0.25, 0.3) is 0 Å². The standard InChI is InChI=1S/C12H20N2/c1-4-7-14-9-12(3,11-5-6-11)13-8-10(14)2/h1,10-11,13H,5-9H2,2-3H3. The van der Waals surface area contributed by atoms with E-state index in [0.29, 0.717) is 11.6 Å². The Balaban J connectivity index is 2.01. The lowest BCUT2D eigenvalue weighted by atomic mass is 9.91. The highest BCUT2D eigenvalue weighted by Gasteiger charge is 2.44. The SMILES string of the molecule is C#CCN1CC(C)(C2CC2)NCC1C. The van der Waals surface area contributed by atoms with Crippen LogP contribution in [-0.4, -0.2) is 36.1 Å². The topological polar surface area (TPSA) is 15.3 Å². The van der Waals surface area contributed by atoms with Gasteiger partial charge in [-0.25, -0.2) is 0 Å². The van der Waals surface area contributed by atoms with Crippen molar-refractivity contribution < 1.29 is 0 Å². The van der Waals surface area contributed by atoms with Gasteiger partial charge in [0, 0.05) is 24.7 Å². The van der Waals surface area contributed by atoms with Gasteiger partial charge < -0.3 is 5.32 Å². The number of terminal acetylenes is 1. The molecular formula is C12H20N2. The quantitative estimate of drug-likeness (QED) is 0.659. The molecule has 0 aromatic heterocycles. The van der Waals surface area contributed by atoms with Gasteiger partial charge in [0.25, 0.3) is 0 Å². The second-order valence-electron chi connectivity index (χ2n) is 5.03. The van der Waals surface area contributed by atoms with E-state index in [1.165, 1.54) is 12.8 Å². The summed E-state index contributed by atoms with van der Waals surface area (Å²) in [7, 11) is 0. The molecule has 2 nitrogen and oxygen atoms in total. The molecule has 1 aliphatic carbocycles. The van der Waals surface area contributed by atoms with Crippen LogP contribution in [0.15, 0.2) is 0 Å². The van der Waals surface area contributed by atoms with Crippen molar-refractivity contribution in [3.63, 3.8) is 0 Å². The van der Waals surface area contributed by atoms with Crippen LogP contribution in [0.5, 0.6) is 0 Å². The van der Waals surface area contributed by atoms with Gasteiger partial charge in [0.15, 0.2) is 0 Å². The minimum absolute atomic E-state index is 0.323. The maximum absolute atomic E-state index is 5.39. The molecule has 14 heavy (non-hydrogen) atoms. The molecule has 2 aliphatic rings. The van der Waals surface area contributed by atoms with Crippen LogP contribution in [0.1, 0.15) is 26.7 Å². The predicted octanol–water partition coefficient (Wildman–Crippen LogP) is 1.08. The van der Waals surface area contributed by atoms with Gasteiger partial charge in [-0.15, -0.1) is 6.42 Å². The summed E-state index contributed by atoms with van der Waals surface area (Å²) in [6.07, 6.45) is 8.17. The Bertz CT molecular complexity index is 252. The highest BCUT2D eigenvalue weighted by molar-refractivity contribution is 5.05. The van der Waals surface area contributed by atoms with Gasteiger partial charge >= 0.3 is 0 Å². The van der Waals surface area contributed by atoms with Crippen LogP contribution in [0.3, 0.4) is 0 Å². The Kier molecular flexibility index (Phi) is 2.55. The van der Waals surface area contributed by atoms with E-state index in [2.05, 4.69) is 30.0 Å². The maximum atomic E-state index is 5.39. The molecule has 0 aromatic rings. The zero-order valence-corrected chi connectivity index (χ0v) is 9.21. The number of hydrogen-bond acceptors (Lipinski definition) is 2. The van der Waals surface area contributed by atoms with Crippen LogP contribution < -0.4 is 5.32 Å². The van der Waals surface area contributed by atoms with E-state index in [1.54, 1.807) is 0 Å². The summed E-state index contributed by atoms with van der Waals surface area (Å²) in [5.41, 5.74) is 0.323. The zero-order chi connectivity index (χ0) is 10.2. The summed E-state index contributed by atoms with van der Waals surface area (Å²) < 4.78 is 0. The molecule has 0 amide bonds. The summed E-state index contributed by atoms with van der Waals surface area (Å²) in [6.45, 7) is 7.58. The largest absolute Gasteiger partial charge is 0.308 e. The van der Waals surface area contributed by atoms with Crippen LogP contribution in [0.2, 0.25) is 0 Å². The lowest BCUT2D eigenvalue weighted by molar-refractivity contribution is 0.0960. The average molecular weight is 192 g/mol. The van der Waals surface area contributed by atoms with E-state index < -0.39 is 0 Å². The van der Waals surface area contributed by atoms with E-state index in [-0.39, 0.29) is 0 Å². The predicted molar refractivity (Wildman–Crippen MR) is 59.0 cm³/mol. The van der Waals surface area contributed by atoms with Gasteiger partial charge in [-0.2, -0.15) is 0 Å². The Morgan fingerprint density at radius 1 is 1.57 bits per heavy atom. The van der Waals surface area contributed by atoms with Crippen molar-refractivity contribution in [3.05, 3.63) is 0 Å². The normalized spacial score (nSPS) is 39.4. The van der Waals surface area contributed by atoms with Crippen molar-refractivity contribution in [3.8, 4) is 12.3 Å². The van der Waals surface area contributed by atoms with E-state index in [0.717, 1.165) is 25.6 Å². The number of rotatable bonds is 2. The molecule has 2 fully saturated rings. The Hall–Kier alpha value is -0.520. The summed E-state index contributed by atoms with van der Waals surface area (Å²) in [5.74, 6) is 3.65. The summed E-state index contributed by atoms with van der Waals surface area (Å²) in [5, 5.41) is 3.69. The summed E-state index contributed by atoms with van der Waals surface area (Å²) in [6, 6.07) is 0.581. The smallest absolute Gasteiger partial charge is 0.0602 e. The first kappa shape index (κ1) is 10.0. The molecule has 1 saturated heterocycles. The maximum Gasteiger partial charge on any atom is 0.0602 e. The van der Waals surface area contributed by atoms with Gasteiger partial charge in [0.05, 0.1) is 6.54 Å². The lowest BCUT2D eigenvalue weighted by Crippen LogP contribution is -2.63. The average Bonchev–Trinajstić information content (AvgIpc) is 2.95.